The normalized spacial score (nSPS) is 11.4. The number of hydrogen-bond donors (Lipinski definition) is 1. The van der Waals surface area contributed by atoms with E-state index in [1.54, 1.807) is 18.2 Å². The van der Waals surface area contributed by atoms with Gasteiger partial charge < -0.3 is 10.5 Å². The third kappa shape index (κ3) is 4.43. The van der Waals surface area contributed by atoms with Crippen molar-refractivity contribution in [1.82, 2.24) is 4.98 Å². The quantitative estimate of drug-likeness (QED) is 0.858. The van der Waals surface area contributed by atoms with E-state index in [2.05, 4.69) is 4.98 Å². The molecule has 0 fully saturated rings. The Bertz CT molecular complexity index is 603. The number of rotatable bonds is 5. The molecule has 0 radical (unpaired) electrons. The number of pyridine rings is 1. The van der Waals surface area contributed by atoms with E-state index in [-0.39, 0.29) is 18.2 Å². The van der Waals surface area contributed by atoms with Crippen molar-refractivity contribution < 1.29 is 9.53 Å². The van der Waals surface area contributed by atoms with E-state index in [9.17, 15) is 4.79 Å². The lowest BCUT2D eigenvalue weighted by Gasteiger charge is -2.12. The van der Waals surface area contributed by atoms with Gasteiger partial charge in [0.05, 0.1) is 13.2 Å². The van der Waals surface area contributed by atoms with Gasteiger partial charge in [-0.3, -0.25) is 4.79 Å². The highest BCUT2D eigenvalue weighted by atomic mass is 35.5. The second kappa shape index (κ2) is 7.98. The Morgan fingerprint density at radius 3 is 2.62 bits per heavy atom. The summed E-state index contributed by atoms with van der Waals surface area (Å²) in [7, 11) is 1.52. The highest BCUT2D eigenvalue weighted by molar-refractivity contribution is 6.31. The summed E-state index contributed by atoms with van der Waals surface area (Å²) in [5.41, 5.74) is 7.27. The van der Waals surface area contributed by atoms with Crippen molar-refractivity contribution in [2.75, 3.05) is 7.11 Å². The summed E-state index contributed by atoms with van der Waals surface area (Å²) in [5, 5.41) is 0.614. The Morgan fingerprint density at radius 1 is 1.33 bits per heavy atom. The number of Topliss-reactive ketones (excluding diaryl/α,β-unsaturated/α-hetero) is 1. The molecule has 0 aliphatic rings. The van der Waals surface area contributed by atoms with Crippen LogP contribution < -0.4 is 10.5 Å². The van der Waals surface area contributed by atoms with Crippen LogP contribution in [-0.4, -0.2) is 23.9 Å². The number of ketones is 1. The zero-order chi connectivity index (χ0) is 14.5. The molecule has 2 N–H and O–H groups in total. The van der Waals surface area contributed by atoms with E-state index in [0.29, 0.717) is 22.9 Å². The van der Waals surface area contributed by atoms with Gasteiger partial charge in [-0.2, -0.15) is 0 Å². The molecule has 0 saturated carbocycles. The average Bonchev–Trinajstić information content (AvgIpc) is 2.49. The number of methoxy groups -OCH3 is 1. The van der Waals surface area contributed by atoms with E-state index in [1.807, 2.05) is 18.2 Å². The first kappa shape index (κ1) is 17.4. The van der Waals surface area contributed by atoms with Gasteiger partial charge in [-0.1, -0.05) is 29.8 Å². The molecule has 0 bridgehead atoms. The van der Waals surface area contributed by atoms with Gasteiger partial charge in [-0.25, -0.2) is 4.98 Å². The molecule has 0 aliphatic heterocycles. The Hall–Kier alpha value is -1.62. The number of aromatic nitrogens is 1. The van der Waals surface area contributed by atoms with Crippen LogP contribution in [0.1, 0.15) is 15.9 Å². The van der Waals surface area contributed by atoms with Crippen LogP contribution in [0, 0.1) is 0 Å². The number of nitrogens with zero attached hydrogens (tertiary/aromatic N) is 1. The third-order valence-electron chi connectivity index (χ3n) is 2.96. The minimum absolute atomic E-state index is 0. The molecule has 2 aromatic rings. The van der Waals surface area contributed by atoms with Gasteiger partial charge in [0.25, 0.3) is 0 Å². The molecule has 0 amide bonds. The summed E-state index contributed by atoms with van der Waals surface area (Å²) in [4.78, 5) is 16.2. The molecule has 0 unspecified atom stereocenters. The molecule has 0 saturated heterocycles. The maximum absolute atomic E-state index is 12.2. The van der Waals surface area contributed by atoms with Gasteiger partial charge in [-0.05, 0) is 24.1 Å². The maximum Gasteiger partial charge on any atom is 0.212 e. The van der Waals surface area contributed by atoms with Crippen molar-refractivity contribution in [3.8, 4) is 5.88 Å². The first-order chi connectivity index (χ1) is 9.61. The summed E-state index contributed by atoms with van der Waals surface area (Å²) in [6, 6.07) is 9.99. The highest BCUT2D eigenvalue weighted by Crippen LogP contribution is 2.17. The fourth-order valence-corrected chi connectivity index (χ4v) is 2.07. The molecular weight excluding hydrogens is 311 g/mol. The summed E-state index contributed by atoms with van der Waals surface area (Å²) in [5.74, 6) is 0.293. The molecule has 6 heteroatoms. The van der Waals surface area contributed by atoms with Crippen molar-refractivity contribution >= 4 is 29.8 Å². The molecule has 112 valence electrons. The number of ether oxygens (including phenoxy) is 1. The van der Waals surface area contributed by atoms with E-state index < -0.39 is 6.04 Å². The standard InChI is InChI=1S/C15H15ClN2O2.ClH/c1-20-14-7-6-11(9-18-14)15(19)13(17)8-10-4-2-3-5-12(10)16;/h2-7,9,13H,8,17H2,1H3;1H/t13-;/m0./s1. The van der Waals surface area contributed by atoms with Crippen molar-refractivity contribution in [2.45, 2.75) is 12.5 Å². The number of carbonyl (C=O) groups excluding carboxylic acids is 1. The first-order valence-electron chi connectivity index (χ1n) is 6.15. The predicted molar refractivity (Wildman–Crippen MR) is 85.5 cm³/mol. The lowest BCUT2D eigenvalue weighted by Crippen LogP contribution is -2.32. The van der Waals surface area contributed by atoms with E-state index in [1.165, 1.54) is 13.3 Å². The SMILES string of the molecule is COc1ccc(C(=O)[C@@H](N)Cc2ccccc2Cl)cn1.Cl. The summed E-state index contributed by atoms with van der Waals surface area (Å²) < 4.78 is 4.95. The van der Waals surface area contributed by atoms with Crippen LogP contribution in [0.25, 0.3) is 0 Å². The van der Waals surface area contributed by atoms with Gasteiger partial charge in [0.2, 0.25) is 5.88 Å². The molecule has 0 aliphatic carbocycles. The number of nitrogens with two attached hydrogens (primary N) is 1. The van der Waals surface area contributed by atoms with Crippen LogP contribution >= 0.6 is 24.0 Å². The van der Waals surface area contributed by atoms with E-state index in [0.717, 1.165) is 5.56 Å². The number of hydrogen-bond acceptors (Lipinski definition) is 4. The molecule has 1 aromatic carbocycles. The molecule has 1 aromatic heterocycles. The van der Waals surface area contributed by atoms with Crippen LogP contribution in [-0.2, 0) is 6.42 Å². The highest BCUT2D eigenvalue weighted by Gasteiger charge is 2.17. The Labute approximate surface area is 134 Å². The zero-order valence-electron chi connectivity index (χ0n) is 11.5. The minimum atomic E-state index is -0.648. The average molecular weight is 327 g/mol. The van der Waals surface area contributed by atoms with Crippen molar-refractivity contribution in [1.29, 1.82) is 0 Å². The molecular formula is C15H16Cl2N2O2. The maximum atomic E-state index is 12.2. The monoisotopic (exact) mass is 326 g/mol. The van der Waals surface area contributed by atoms with Crippen LogP contribution in [0.15, 0.2) is 42.6 Å². The minimum Gasteiger partial charge on any atom is -0.481 e. The Morgan fingerprint density at radius 2 is 2.05 bits per heavy atom. The van der Waals surface area contributed by atoms with Crippen LogP contribution in [0.2, 0.25) is 5.02 Å². The smallest absolute Gasteiger partial charge is 0.212 e. The van der Waals surface area contributed by atoms with Crippen molar-refractivity contribution in [2.24, 2.45) is 5.73 Å². The number of benzene rings is 1. The van der Waals surface area contributed by atoms with Gasteiger partial charge in [0, 0.05) is 22.8 Å². The van der Waals surface area contributed by atoms with Gasteiger partial charge >= 0.3 is 0 Å². The predicted octanol–water partition coefficient (Wildman–Crippen LogP) is 2.92. The Kier molecular flexibility index (Phi) is 6.62. The number of halogens is 2. The topological polar surface area (TPSA) is 65.2 Å². The summed E-state index contributed by atoms with van der Waals surface area (Å²) in [6.07, 6.45) is 1.86. The molecule has 2 rings (SSSR count). The van der Waals surface area contributed by atoms with Crippen LogP contribution in [0.5, 0.6) is 5.88 Å². The molecule has 4 nitrogen and oxygen atoms in total. The summed E-state index contributed by atoms with van der Waals surface area (Å²) >= 11 is 6.06. The number of carbonyl (C=O) groups is 1. The van der Waals surface area contributed by atoms with Gasteiger partial charge in [0.1, 0.15) is 0 Å². The van der Waals surface area contributed by atoms with Crippen molar-refractivity contribution in [3.63, 3.8) is 0 Å². The largest absolute Gasteiger partial charge is 0.481 e. The van der Waals surface area contributed by atoms with E-state index in [4.69, 9.17) is 22.1 Å². The molecule has 1 heterocycles. The molecule has 1 atom stereocenters. The zero-order valence-corrected chi connectivity index (χ0v) is 13.0. The molecule has 0 spiro atoms. The van der Waals surface area contributed by atoms with E-state index >= 15 is 0 Å². The Balaban J connectivity index is 0.00000220. The second-order valence-electron chi connectivity index (χ2n) is 4.36. The summed E-state index contributed by atoms with van der Waals surface area (Å²) in [6.45, 7) is 0. The van der Waals surface area contributed by atoms with Gasteiger partial charge in [-0.15, -0.1) is 12.4 Å². The third-order valence-corrected chi connectivity index (χ3v) is 3.33. The van der Waals surface area contributed by atoms with Crippen LogP contribution in [0.3, 0.4) is 0 Å². The molecule has 21 heavy (non-hydrogen) atoms. The fraction of sp³-hybridized carbons (Fsp3) is 0.200. The second-order valence-corrected chi connectivity index (χ2v) is 4.76. The van der Waals surface area contributed by atoms with Crippen molar-refractivity contribution in [3.05, 3.63) is 58.7 Å². The fourth-order valence-electron chi connectivity index (χ4n) is 1.85. The van der Waals surface area contributed by atoms with Crippen LogP contribution in [0.4, 0.5) is 0 Å². The van der Waals surface area contributed by atoms with Gasteiger partial charge in [0.15, 0.2) is 5.78 Å². The first-order valence-corrected chi connectivity index (χ1v) is 6.53. The lowest BCUT2D eigenvalue weighted by atomic mass is 9.99. The lowest BCUT2D eigenvalue weighted by molar-refractivity contribution is 0.0960.